The van der Waals surface area contributed by atoms with Gasteiger partial charge >= 0.3 is 0 Å². The molecule has 2 rings (SSSR count). The zero-order valence-electron chi connectivity index (χ0n) is 31.2. The highest BCUT2D eigenvalue weighted by Gasteiger charge is 2.27. The number of rotatable bonds is 16. The molecule has 0 amide bonds. The number of anilines is 2. The molecule has 5 nitrogen and oxygen atoms in total. The molecule has 0 aliphatic heterocycles. The van der Waals surface area contributed by atoms with E-state index < -0.39 is 0 Å². The summed E-state index contributed by atoms with van der Waals surface area (Å²) < 4.78 is 0. The van der Waals surface area contributed by atoms with Gasteiger partial charge in [-0.1, -0.05) is 109 Å². The highest BCUT2D eigenvalue weighted by Crippen LogP contribution is 2.42. The maximum absolute atomic E-state index is 10.9. The summed E-state index contributed by atoms with van der Waals surface area (Å²) >= 11 is 0. The summed E-state index contributed by atoms with van der Waals surface area (Å²) in [7, 11) is 0. The third-order valence-corrected chi connectivity index (χ3v) is 8.67. The molecule has 0 radical (unpaired) electrons. The summed E-state index contributed by atoms with van der Waals surface area (Å²) in [6.45, 7) is 30.1. The lowest BCUT2D eigenvalue weighted by Crippen LogP contribution is -2.18. The normalized spacial score (nSPS) is 12.9. The molecule has 0 saturated carbocycles. The van der Waals surface area contributed by atoms with Crippen molar-refractivity contribution in [3.63, 3.8) is 0 Å². The van der Waals surface area contributed by atoms with Crippen LogP contribution in [-0.2, 0) is 21.7 Å². The Kier molecular flexibility index (Phi) is 14.2. The van der Waals surface area contributed by atoms with Gasteiger partial charge in [0.25, 0.3) is 0 Å². The predicted molar refractivity (Wildman–Crippen MR) is 198 cm³/mol. The van der Waals surface area contributed by atoms with Gasteiger partial charge in [-0.15, -0.1) is 0 Å². The van der Waals surface area contributed by atoms with E-state index in [1.165, 1.54) is 38.5 Å². The fraction of sp³-hybridized carbons (Fsp3) is 0.700. The van der Waals surface area contributed by atoms with Gasteiger partial charge in [-0.3, -0.25) is 0 Å². The van der Waals surface area contributed by atoms with E-state index in [0.29, 0.717) is 11.5 Å². The minimum absolute atomic E-state index is 0.103. The van der Waals surface area contributed by atoms with Crippen LogP contribution in [0.15, 0.2) is 24.3 Å². The van der Waals surface area contributed by atoms with Crippen molar-refractivity contribution in [2.45, 2.75) is 156 Å². The second-order valence-corrected chi connectivity index (χ2v) is 17.3. The SMILES string of the molecule is CC(C)(C)c1cc(NCCCCCCNCCCCCCNc2cc(C(C)(C)C)c(O)c(C(C)(C)C)c2)cc(C(C)(C)C)c1O. The molecule has 0 saturated heterocycles. The third kappa shape index (κ3) is 12.7. The Morgan fingerprint density at radius 2 is 0.644 bits per heavy atom. The van der Waals surface area contributed by atoms with Gasteiger partial charge in [0.1, 0.15) is 11.5 Å². The van der Waals surface area contributed by atoms with Crippen molar-refractivity contribution in [1.29, 1.82) is 0 Å². The van der Waals surface area contributed by atoms with Crippen molar-refractivity contribution in [2.24, 2.45) is 0 Å². The number of hydrogen-bond acceptors (Lipinski definition) is 5. The van der Waals surface area contributed by atoms with Gasteiger partial charge < -0.3 is 26.2 Å². The number of phenols is 2. The Labute approximate surface area is 277 Å². The molecule has 256 valence electrons. The van der Waals surface area contributed by atoms with E-state index in [-0.39, 0.29) is 21.7 Å². The largest absolute Gasteiger partial charge is 0.507 e. The predicted octanol–water partition coefficient (Wildman–Crippen LogP) is 10.5. The summed E-state index contributed by atoms with van der Waals surface area (Å²) in [5.74, 6) is 0.889. The molecule has 0 unspecified atom stereocenters. The molecular formula is C40H69N3O2. The maximum Gasteiger partial charge on any atom is 0.123 e. The standard InChI is InChI=1S/C40H69N3O2/c1-37(2,3)31-25-29(26-32(35(31)44)38(4,5)6)42-23-19-15-13-17-21-41-22-18-14-16-20-24-43-30-27-33(39(7,8)9)36(45)34(28-30)40(10,11)12/h25-28,41-45H,13-24H2,1-12H3. The van der Waals surface area contributed by atoms with E-state index in [2.05, 4.69) is 123 Å². The van der Waals surface area contributed by atoms with Gasteiger partial charge in [0.05, 0.1) is 0 Å². The fourth-order valence-electron chi connectivity index (χ4n) is 5.81. The van der Waals surface area contributed by atoms with Crippen LogP contribution in [0.4, 0.5) is 11.4 Å². The van der Waals surface area contributed by atoms with Crippen LogP contribution in [0.1, 0.15) is 157 Å². The van der Waals surface area contributed by atoms with E-state index in [0.717, 1.165) is 72.6 Å². The number of nitrogens with one attached hydrogen (secondary N) is 3. The van der Waals surface area contributed by atoms with Crippen molar-refractivity contribution in [1.82, 2.24) is 5.32 Å². The Hall–Kier alpha value is -2.40. The molecule has 2 aromatic rings. The van der Waals surface area contributed by atoms with Gasteiger partial charge in [-0.05, 0) is 84.7 Å². The zero-order valence-corrected chi connectivity index (χ0v) is 31.2. The lowest BCUT2D eigenvalue weighted by atomic mass is 9.79. The molecular weight excluding hydrogens is 554 g/mol. The van der Waals surface area contributed by atoms with E-state index in [1.54, 1.807) is 0 Å². The van der Waals surface area contributed by atoms with Crippen molar-refractivity contribution in [3.05, 3.63) is 46.5 Å². The first-order valence-corrected chi connectivity index (χ1v) is 17.7. The summed E-state index contributed by atoms with van der Waals surface area (Å²) in [4.78, 5) is 0. The van der Waals surface area contributed by atoms with Crippen LogP contribution in [0.25, 0.3) is 0 Å². The second kappa shape index (κ2) is 16.4. The molecule has 0 spiro atoms. The lowest BCUT2D eigenvalue weighted by Gasteiger charge is -2.28. The molecule has 0 aromatic heterocycles. The Balaban J connectivity index is 1.59. The average molecular weight is 624 g/mol. The topological polar surface area (TPSA) is 76.5 Å². The molecule has 2 aromatic carbocycles. The number of aromatic hydroxyl groups is 2. The van der Waals surface area contributed by atoms with Crippen LogP contribution in [0.2, 0.25) is 0 Å². The highest BCUT2D eigenvalue weighted by atomic mass is 16.3. The van der Waals surface area contributed by atoms with Crippen LogP contribution in [0.5, 0.6) is 11.5 Å². The minimum atomic E-state index is -0.103. The lowest BCUT2D eigenvalue weighted by molar-refractivity contribution is 0.422. The first-order valence-electron chi connectivity index (χ1n) is 17.7. The van der Waals surface area contributed by atoms with E-state index in [4.69, 9.17) is 0 Å². The molecule has 0 atom stereocenters. The second-order valence-electron chi connectivity index (χ2n) is 17.3. The maximum atomic E-state index is 10.9. The molecule has 5 N–H and O–H groups in total. The molecule has 0 aliphatic rings. The zero-order chi connectivity index (χ0) is 34.1. The molecule has 0 heterocycles. The summed E-state index contributed by atoms with van der Waals surface area (Å²) in [6.07, 6.45) is 9.73. The summed E-state index contributed by atoms with van der Waals surface area (Å²) in [6, 6.07) is 8.52. The highest BCUT2D eigenvalue weighted by molar-refractivity contribution is 5.60. The fourth-order valence-corrected chi connectivity index (χ4v) is 5.81. The van der Waals surface area contributed by atoms with Gasteiger partial charge in [0, 0.05) is 46.7 Å². The van der Waals surface area contributed by atoms with E-state index in [1.807, 2.05) is 0 Å². The van der Waals surface area contributed by atoms with Crippen LogP contribution >= 0.6 is 0 Å². The monoisotopic (exact) mass is 624 g/mol. The molecule has 5 heteroatoms. The van der Waals surface area contributed by atoms with E-state index in [9.17, 15) is 10.2 Å². The van der Waals surface area contributed by atoms with Crippen molar-refractivity contribution in [3.8, 4) is 11.5 Å². The van der Waals surface area contributed by atoms with E-state index >= 15 is 0 Å². The number of hydrogen-bond donors (Lipinski definition) is 5. The van der Waals surface area contributed by atoms with Crippen molar-refractivity contribution < 1.29 is 10.2 Å². The number of benzene rings is 2. The van der Waals surface area contributed by atoms with Gasteiger partial charge in [0.15, 0.2) is 0 Å². The average Bonchev–Trinajstić information content (AvgIpc) is 2.89. The Morgan fingerprint density at radius 3 is 0.889 bits per heavy atom. The molecule has 0 aliphatic carbocycles. The Bertz CT molecular complexity index is 1030. The van der Waals surface area contributed by atoms with Gasteiger partial charge in [-0.2, -0.15) is 0 Å². The summed E-state index contributed by atoms with van der Waals surface area (Å²) in [5.41, 5.74) is 5.87. The van der Waals surface area contributed by atoms with Crippen molar-refractivity contribution in [2.75, 3.05) is 36.8 Å². The minimum Gasteiger partial charge on any atom is -0.507 e. The van der Waals surface area contributed by atoms with Crippen LogP contribution in [0.3, 0.4) is 0 Å². The van der Waals surface area contributed by atoms with Crippen LogP contribution in [0, 0.1) is 0 Å². The van der Waals surface area contributed by atoms with Crippen LogP contribution in [-0.4, -0.2) is 36.4 Å². The first-order chi connectivity index (χ1) is 20.7. The van der Waals surface area contributed by atoms with Crippen LogP contribution < -0.4 is 16.0 Å². The van der Waals surface area contributed by atoms with Gasteiger partial charge in [-0.25, -0.2) is 0 Å². The molecule has 0 fully saturated rings. The smallest absolute Gasteiger partial charge is 0.123 e. The Morgan fingerprint density at radius 1 is 0.400 bits per heavy atom. The van der Waals surface area contributed by atoms with Gasteiger partial charge in [0.2, 0.25) is 0 Å². The number of unbranched alkanes of at least 4 members (excludes halogenated alkanes) is 6. The quantitative estimate of drug-likeness (QED) is 0.0950. The third-order valence-electron chi connectivity index (χ3n) is 8.67. The number of phenolic OH excluding ortho intramolecular Hbond substituents is 2. The molecule has 45 heavy (non-hydrogen) atoms. The van der Waals surface area contributed by atoms with Crippen molar-refractivity contribution >= 4 is 11.4 Å². The molecule has 0 bridgehead atoms. The summed E-state index contributed by atoms with van der Waals surface area (Å²) in [5, 5.41) is 32.8. The first kappa shape index (κ1) is 38.8.